The minimum absolute atomic E-state index is 0.146. The van der Waals surface area contributed by atoms with Crippen LogP contribution in [0.3, 0.4) is 0 Å². The van der Waals surface area contributed by atoms with Gasteiger partial charge in [0.05, 0.1) is 12.2 Å². The first kappa shape index (κ1) is 14.8. The SMILES string of the molecule is CN1CCn2c(nc3c2CCC(c2cc(F)c(F)cc2F)C3)C1. The number of rotatable bonds is 1. The van der Waals surface area contributed by atoms with E-state index in [1.165, 1.54) is 5.69 Å². The van der Waals surface area contributed by atoms with Gasteiger partial charge < -0.3 is 4.57 Å². The van der Waals surface area contributed by atoms with Gasteiger partial charge in [-0.2, -0.15) is 0 Å². The largest absolute Gasteiger partial charge is 0.329 e. The van der Waals surface area contributed by atoms with E-state index >= 15 is 0 Å². The van der Waals surface area contributed by atoms with E-state index in [1.807, 2.05) is 0 Å². The minimum Gasteiger partial charge on any atom is -0.329 e. The fourth-order valence-electron chi connectivity index (χ4n) is 3.77. The molecule has 2 aliphatic rings. The molecule has 1 unspecified atom stereocenters. The molecule has 0 saturated heterocycles. The van der Waals surface area contributed by atoms with E-state index in [1.54, 1.807) is 0 Å². The standard InChI is InChI=1S/C17H18F3N3/c1-22-4-5-23-16-3-2-10(6-15(16)21-17(23)9-22)11-7-13(19)14(20)8-12(11)18/h7-8,10H,2-6,9H2,1H3. The van der Waals surface area contributed by atoms with Crippen LogP contribution in [-0.4, -0.2) is 28.0 Å². The average molecular weight is 321 g/mol. The van der Waals surface area contributed by atoms with Gasteiger partial charge in [-0.1, -0.05) is 0 Å². The topological polar surface area (TPSA) is 21.1 Å². The zero-order valence-corrected chi connectivity index (χ0v) is 13.0. The highest BCUT2D eigenvalue weighted by molar-refractivity contribution is 5.30. The van der Waals surface area contributed by atoms with E-state index in [4.69, 9.17) is 4.98 Å². The first-order valence-corrected chi connectivity index (χ1v) is 7.93. The Morgan fingerprint density at radius 3 is 2.70 bits per heavy atom. The molecule has 0 amide bonds. The summed E-state index contributed by atoms with van der Waals surface area (Å²) in [6, 6.07) is 1.65. The summed E-state index contributed by atoms with van der Waals surface area (Å²) in [5.41, 5.74) is 2.47. The van der Waals surface area contributed by atoms with Crippen LogP contribution in [0.4, 0.5) is 13.2 Å². The Kier molecular flexibility index (Phi) is 3.44. The molecule has 23 heavy (non-hydrogen) atoms. The number of hydrogen-bond donors (Lipinski definition) is 0. The van der Waals surface area contributed by atoms with Gasteiger partial charge in [-0.25, -0.2) is 18.2 Å². The summed E-state index contributed by atoms with van der Waals surface area (Å²) >= 11 is 0. The molecule has 0 N–H and O–H groups in total. The molecule has 6 heteroatoms. The summed E-state index contributed by atoms with van der Waals surface area (Å²) in [6.07, 6.45) is 2.12. The third-order valence-corrected chi connectivity index (χ3v) is 5.00. The summed E-state index contributed by atoms with van der Waals surface area (Å²) in [6.45, 7) is 2.74. The van der Waals surface area contributed by atoms with Crippen molar-refractivity contribution in [1.29, 1.82) is 0 Å². The number of fused-ring (bicyclic) bond motifs is 3. The molecule has 0 spiro atoms. The fraction of sp³-hybridized carbons (Fsp3) is 0.471. The van der Waals surface area contributed by atoms with Crippen LogP contribution >= 0.6 is 0 Å². The van der Waals surface area contributed by atoms with E-state index in [0.29, 0.717) is 12.5 Å². The van der Waals surface area contributed by atoms with E-state index in [0.717, 1.165) is 50.1 Å². The smallest absolute Gasteiger partial charge is 0.161 e. The lowest BCUT2D eigenvalue weighted by molar-refractivity contribution is 0.262. The van der Waals surface area contributed by atoms with Crippen molar-refractivity contribution in [2.24, 2.45) is 0 Å². The Morgan fingerprint density at radius 1 is 1.09 bits per heavy atom. The quantitative estimate of drug-likeness (QED) is 0.753. The number of halogens is 3. The van der Waals surface area contributed by atoms with E-state index < -0.39 is 17.5 Å². The highest BCUT2D eigenvalue weighted by Crippen LogP contribution is 2.35. The van der Waals surface area contributed by atoms with Crippen LogP contribution in [0.5, 0.6) is 0 Å². The van der Waals surface area contributed by atoms with Gasteiger partial charge in [-0.05, 0) is 43.9 Å². The van der Waals surface area contributed by atoms with Crippen molar-refractivity contribution in [2.75, 3.05) is 13.6 Å². The van der Waals surface area contributed by atoms with Crippen LogP contribution in [0.15, 0.2) is 12.1 Å². The third kappa shape index (κ3) is 2.45. The number of benzene rings is 1. The number of imidazole rings is 1. The van der Waals surface area contributed by atoms with Gasteiger partial charge in [-0.3, -0.25) is 4.90 Å². The maximum atomic E-state index is 14.0. The van der Waals surface area contributed by atoms with Gasteiger partial charge in [0.15, 0.2) is 11.6 Å². The van der Waals surface area contributed by atoms with E-state index in [2.05, 4.69) is 16.5 Å². The van der Waals surface area contributed by atoms with Crippen molar-refractivity contribution < 1.29 is 13.2 Å². The van der Waals surface area contributed by atoms with E-state index in [-0.39, 0.29) is 11.5 Å². The maximum absolute atomic E-state index is 14.0. The van der Waals surface area contributed by atoms with Crippen LogP contribution in [0, 0.1) is 17.5 Å². The monoisotopic (exact) mass is 321 g/mol. The number of hydrogen-bond acceptors (Lipinski definition) is 2. The molecule has 1 aliphatic heterocycles. The van der Waals surface area contributed by atoms with Crippen LogP contribution < -0.4 is 0 Å². The van der Waals surface area contributed by atoms with Crippen molar-refractivity contribution in [1.82, 2.24) is 14.5 Å². The zero-order valence-electron chi connectivity index (χ0n) is 13.0. The second kappa shape index (κ2) is 5.37. The van der Waals surface area contributed by atoms with Crippen molar-refractivity contribution in [3.63, 3.8) is 0 Å². The van der Waals surface area contributed by atoms with Crippen molar-refractivity contribution in [2.45, 2.75) is 38.3 Å². The lowest BCUT2D eigenvalue weighted by atomic mass is 9.84. The van der Waals surface area contributed by atoms with E-state index in [9.17, 15) is 13.2 Å². The lowest BCUT2D eigenvalue weighted by Crippen LogP contribution is -2.31. The highest BCUT2D eigenvalue weighted by Gasteiger charge is 2.30. The molecule has 1 atom stereocenters. The Balaban J connectivity index is 1.66. The Labute approximate surface area is 132 Å². The second-order valence-corrected chi connectivity index (χ2v) is 6.54. The molecule has 0 radical (unpaired) electrons. The second-order valence-electron chi connectivity index (χ2n) is 6.54. The third-order valence-electron chi connectivity index (χ3n) is 5.00. The summed E-state index contributed by atoms with van der Waals surface area (Å²) in [5.74, 6) is -1.88. The van der Waals surface area contributed by atoms with Gasteiger partial charge >= 0.3 is 0 Å². The van der Waals surface area contributed by atoms with Gasteiger partial charge in [0.2, 0.25) is 0 Å². The maximum Gasteiger partial charge on any atom is 0.161 e. The molecular formula is C17H18F3N3. The summed E-state index contributed by atoms with van der Waals surface area (Å²) in [5, 5.41) is 0. The first-order valence-electron chi connectivity index (χ1n) is 7.93. The molecule has 2 aromatic rings. The Bertz CT molecular complexity index is 769. The van der Waals surface area contributed by atoms with Gasteiger partial charge in [-0.15, -0.1) is 0 Å². The van der Waals surface area contributed by atoms with Gasteiger partial charge in [0.25, 0.3) is 0 Å². The molecule has 3 nitrogen and oxygen atoms in total. The normalized spacial score (nSPS) is 21.1. The molecule has 1 aromatic carbocycles. The van der Waals surface area contributed by atoms with Crippen molar-refractivity contribution >= 4 is 0 Å². The van der Waals surface area contributed by atoms with Crippen LogP contribution in [0.25, 0.3) is 0 Å². The van der Waals surface area contributed by atoms with Gasteiger partial charge in [0.1, 0.15) is 11.6 Å². The highest BCUT2D eigenvalue weighted by atomic mass is 19.2. The molecule has 2 heterocycles. The van der Waals surface area contributed by atoms with Gasteiger partial charge in [0, 0.05) is 24.8 Å². The number of likely N-dealkylation sites (N-methyl/N-ethyl adjacent to an activating group) is 1. The van der Waals surface area contributed by atoms with Crippen molar-refractivity contribution in [3.8, 4) is 0 Å². The predicted octanol–water partition coefficient (Wildman–Crippen LogP) is 3.02. The average Bonchev–Trinajstić information content (AvgIpc) is 2.87. The molecule has 4 rings (SSSR count). The molecule has 0 bridgehead atoms. The molecule has 1 aliphatic carbocycles. The van der Waals surface area contributed by atoms with Crippen LogP contribution in [0.1, 0.15) is 35.1 Å². The lowest BCUT2D eigenvalue weighted by Gasteiger charge is -2.27. The summed E-state index contributed by atoms with van der Waals surface area (Å²) < 4.78 is 42.9. The zero-order chi connectivity index (χ0) is 16.1. The molecule has 0 saturated carbocycles. The Hall–Kier alpha value is -1.82. The van der Waals surface area contributed by atoms with Crippen LogP contribution in [-0.2, 0) is 25.9 Å². The number of aromatic nitrogens is 2. The van der Waals surface area contributed by atoms with Crippen molar-refractivity contribution in [3.05, 3.63) is 52.4 Å². The molecule has 122 valence electrons. The molecule has 1 aromatic heterocycles. The Morgan fingerprint density at radius 2 is 1.87 bits per heavy atom. The summed E-state index contributed by atoms with van der Waals surface area (Å²) in [4.78, 5) is 6.94. The fourth-order valence-corrected chi connectivity index (χ4v) is 3.77. The molecule has 0 fully saturated rings. The first-order chi connectivity index (χ1) is 11.0. The minimum atomic E-state index is -1.14. The number of nitrogens with zero attached hydrogens (tertiary/aromatic N) is 3. The predicted molar refractivity (Wildman–Crippen MR) is 79.6 cm³/mol. The molecular weight excluding hydrogens is 303 g/mol. The summed E-state index contributed by atoms with van der Waals surface area (Å²) in [7, 11) is 2.07. The van der Waals surface area contributed by atoms with Crippen LogP contribution in [0.2, 0.25) is 0 Å².